The molecule has 23 heavy (non-hydrogen) atoms. The first kappa shape index (κ1) is 17.8. The molecule has 3 rings (SSSR count). The van der Waals surface area contributed by atoms with Crippen LogP contribution in [0.2, 0.25) is 0 Å². The molecule has 2 aromatic carbocycles. The van der Waals surface area contributed by atoms with Crippen LogP contribution in [-0.4, -0.2) is 0 Å². The number of alkyl halides is 3. The minimum Gasteiger partial charge on any atom is -0.147 e. The van der Waals surface area contributed by atoms with Crippen molar-refractivity contribution in [3.8, 4) is 10.4 Å². The van der Waals surface area contributed by atoms with Crippen molar-refractivity contribution in [3.63, 3.8) is 0 Å². The molecular formula is C18H17ClF3S+. The molecule has 0 radical (unpaired) electrons. The summed E-state index contributed by atoms with van der Waals surface area (Å²) in [6.45, 7) is 2.07. The molecule has 0 amide bonds. The van der Waals surface area contributed by atoms with Crippen LogP contribution in [0.5, 0.6) is 0 Å². The lowest BCUT2D eigenvalue weighted by Gasteiger charge is -2.01. The van der Waals surface area contributed by atoms with Crippen LogP contribution in [0, 0.1) is 0 Å². The van der Waals surface area contributed by atoms with E-state index in [9.17, 15) is 13.2 Å². The molecule has 0 saturated carbocycles. The largest absolute Gasteiger partial charge is 0.601 e. The Morgan fingerprint density at radius 2 is 1.65 bits per heavy atom. The summed E-state index contributed by atoms with van der Waals surface area (Å²) in [6, 6.07) is 16.0. The Balaban J connectivity index is 0.00000192. The van der Waals surface area contributed by atoms with Gasteiger partial charge in [0.1, 0.15) is 10.5 Å². The highest BCUT2D eigenvalue weighted by Crippen LogP contribution is 2.54. The van der Waals surface area contributed by atoms with Crippen molar-refractivity contribution >= 4 is 33.0 Å². The van der Waals surface area contributed by atoms with E-state index in [1.54, 1.807) is 36.4 Å². The van der Waals surface area contributed by atoms with Crippen LogP contribution in [0.4, 0.5) is 13.2 Å². The molecule has 1 unspecified atom stereocenters. The minimum atomic E-state index is -4.25. The standard InChI is InChI=1S/C18H16F3S.ClH/c1-2-6-13-9-10-16-15(11-13)12-17(22(16)18(19,20)21)14-7-4-3-5-8-14;/h3-5,7-12H,2,6H2,1H3;1H/q+1;. The Labute approximate surface area is 142 Å². The summed E-state index contributed by atoms with van der Waals surface area (Å²) in [5.74, 6) is 0. The molecule has 0 spiro atoms. The first-order valence-electron chi connectivity index (χ1n) is 7.22. The number of rotatable bonds is 3. The van der Waals surface area contributed by atoms with Crippen molar-refractivity contribution < 1.29 is 13.2 Å². The Morgan fingerprint density at radius 1 is 0.957 bits per heavy atom. The zero-order valence-corrected chi connectivity index (χ0v) is 14.2. The molecule has 1 heterocycles. The minimum absolute atomic E-state index is 0. The van der Waals surface area contributed by atoms with Gasteiger partial charge in [-0.1, -0.05) is 37.6 Å². The number of hydrogen-bond donors (Lipinski definition) is 0. The van der Waals surface area contributed by atoms with Gasteiger partial charge in [-0.05, 0) is 36.2 Å². The lowest BCUT2D eigenvalue weighted by molar-refractivity contribution is -0.0864. The lowest BCUT2D eigenvalue weighted by atomic mass is 10.1. The number of thiophene rings is 1. The van der Waals surface area contributed by atoms with Gasteiger partial charge in [0.25, 0.3) is 0 Å². The summed E-state index contributed by atoms with van der Waals surface area (Å²) in [5, 5.41) is 0.713. The van der Waals surface area contributed by atoms with Crippen LogP contribution in [0.1, 0.15) is 18.9 Å². The van der Waals surface area contributed by atoms with Crippen LogP contribution in [0.15, 0.2) is 54.6 Å². The molecule has 0 aliphatic carbocycles. The van der Waals surface area contributed by atoms with Crippen molar-refractivity contribution in [2.24, 2.45) is 0 Å². The van der Waals surface area contributed by atoms with Gasteiger partial charge in [-0.2, -0.15) is 0 Å². The van der Waals surface area contributed by atoms with Crippen molar-refractivity contribution in [2.75, 3.05) is 0 Å². The molecule has 0 aliphatic rings. The highest BCUT2D eigenvalue weighted by Gasteiger charge is 2.48. The van der Waals surface area contributed by atoms with Gasteiger partial charge < -0.3 is 0 Å². The number of hydrogen-bond acceptors (Lipinski definition) is 0. The fourth-order valence-corrected chi connectivity index (χ4v) is 4.62. The zero-order valence-electron chi connectivity index (χ0n) is 12.6. The second-order valence-corrected chi connectivity index (χ2v) is 7.20. The van der Waals surface area contributed by atoms with Crippen LogP contribution in [0.25, 0.3) is 20.5 Å². The third-order valence-electron chi connectivity index (χ3n) is 3.63. The van der Waals surface area contributed by atoms with Crippen molar-refractivity contribution in [2.45, 2.75) is 25.3 Å². The molecule has 0 aliphatic heterocycles. The van der Waals surface area contributed by atoms with Crippen LogP contribution in [0.3, 0.4) is 0 Å². The van der Waals surface area contributed by atoms with E-state index in [-0.39, 0.29) is 12.4 Å². The topological polar surface area (TPSA) is 0 Å². The molecule has 0 fully saturated rings. The van der Waals surface area contributed by atoms with E-state index in [1.165, 1.54) is 0 Å². The van der Waals surface area contributed by atoms with E-state index >= 15 is 0 Å². The summed E-state index contributed by atoms with van der Waals surface area (Å²) in [6.07, 6.45) is 1.88. The monoisotopic (exact) mass is 357 g/mol. The number of aryl methyl sites for hydroxylation is 1. The Hall–Kier alpha value is -1.52. The van der Waals surface area contributed by atoms with E-state index in [2.05, 4.69) is 6.92 Å². The first-order valence-corrected chi connectivity index (χ1v) is 8.44. The number of benzene rings is 2. The normalized spacial score (nSPS) is 12.3. The van der Waals surface area contributed by atoms with Gasteiger partial charge in [-0.25, -0.2) is 0 Å². The van der Waals surface area contributed by atoms with Crippen molar-refractivity contribution in [1.82, 2.24) is 0 Å². The summed E-state index contributed by atoms with van der Waals surface area (Å²) >= 11 is 0. The number of fused-ring (bicyclic) bond motifs is 1. The molecule has 1 aromatic heterocycles. The average Bonchev–Trinajstić information content (AvgIpc) is 2.87. The first-order chi connectivity index (χ1) is 10.5. The highest BCUT2D eigenvalue weighted by molar-refractivity contribution is 7.41. The van der Waals surface area contributed by atoms with Gasteiger partial charge in [0.2, 0.25) is 0 Å². The van der Waals surface area contributed by atoms with Crippen LogP contribution < -0.4 is 0 Å². The second kappa shape index (κ2) is 6.93. The van der Waals surface area contributed by atoms with E-state index in [1.807, 2.05) is 18.2 Å². The SMILES string of the molecule is CCCc1ccc2c(c1)cc(-c1ccccc1)[s+]2C(F)(F)F.Cl. The molecule has 0 saturated heterocycles. The van der Waals surface area contributed by atoms with E-state index in [0.717, 1.165) is 18.4 Å². The molecule has 5 heteroatoms. The maximum Gasteiger partial charge on any atom is 0.601 e. The van der Waals surface area contributed by atoms with E-state index < -0.39 is 16.0 Å². The summed E-state index contributed by atoms with van der Waals surface area (Å²) in [4.78, 5) is 0.372. The molecule has 0 N–H and O–H groups in total. The quantitative estimate of drug-likeness (QED) is 0.438. The Bertz CT molecular complexity index is 791. The van der Waals surface area contributed by atoms with Crippen LogP contribution >= 0.6 is 22.9 Å². The third kappa shape index (κ3) is 3.54. The number of halogens is 4. The fourth-order valence-electron chi connectivity index (χ4n) is 2.71. The van der Waals surface area contributed by atoms with Gasteiger partial charge in [0, 0.05) is 17.0 Å². The average molecular weight is 358 g/mol. The zero-order chi connectivity index (χ0) is 15.7. The molecular weight excluding hydrogens is 341 g/mol. The third-order valence-corrected chi connectivity index (χ3v) is 5.70. The van der Waals surface area contributed by atoms with Gasteiger partial charge in [0.05, 0.1) is 0 Å². The molecule has 3 aromatic rings. The predicted octanol–water partition coefficient (Wildman–Crippen LogP) is 7.11. The van der Waals surface area contributed by atoms with E-state index in [0.29, 0.717) is 20.5 Å². The predicted molar refractivity (Wildman–Crippen MR) is 94.4 cm³/mol. The Morgan fingerprint density at radius 3 is 2.26 bits per heavy atom. The molecule has 0 nitrogen and oxygen atoms in total. The van der Waals surface area contributed by atoms with Gasteiger partial charge in [0.15, 0.2) is 9.58 Å². The van der Waals surface area contributed by atoms with Crippen molar-refractivity contribution in [3.05, 3.63) is 60.2 Å². The summed E-state index contributed by atoms with van der Waals surface area (Å²) in [7, 11) is -1.86. The lowest BCUT2D eigenvalue weighted by Crippen LogP contribution is -1.96. The fraction of sp³-hybridized carbons (Fsp3) is 0.222. The van der Waals surface area contributed by atoms with E-state index in [4.69, 9.17) is 0 Å². The smallest absolute Gasteiger partial charge is 0.147 e. The van der Waals surface area contributed by atoms with Gasteiger partial charge in [-0.15, -0.1) is 25.6 Å². The maximum atomic E-state index is 13.6. The molecule has 1 atom stereocenters. The molecule has 0 bridgehead atoms. The summed E-state index contributed by atoms with van der Waals surface area (Å²) in [5.41, 5.74) is -2.51. The van der Waals surface area contributed by atoms with Crippen LogP contribution in [-0.2, 0) is 11.9 Å². The summed E-state index contributed by atoms with van der Waals surface area (Å²) < 4.78 is 41.2. The second-order valence-electron chi connectivity index (χ2n) is 5.25. The highest BCUT2D eigenvalue weighted by atomic mass is 35.5. The molecule has 122 valence electrons. The maximum absolute atomic E-state index is 13.6. The van der Waals surface area contributed by atoms with Crippen molar-refractivity contribution in [1.29, 1.82) is 0 Å². The van der Waals surface area contributed by atoms with Gasteiger partial charge in [-0.3, -0.25) is 0 Å². The Kier molecular flexibility index (Phi) is 5.37. The van der Waals surface area contributed by atoms with Gasteiger partial charge >= 0.3 is 5.51 Å².